The molecule has 0 saturated carbocycles. The van der Waals surface area contributed by atoms with Gasteiger partial charge < -0.3 is 10.2 Å². The van der Waals surface area contributed by atoms with E-state index in [0.29, 0.717) is 6.04 Å². The van der Waals surface area contributed by atoms with Crippen molar-refractivity contribution in [3.63, 3.8) is 0 Å². The van der Waals surface area contributed by atoms with E-state index in [1.54, 1.807) is 0 Å². The van der Waals surface area contributed by atoms with Crippen LogP contribution in [0.3, 0.4) is 0 Å². The number of rotatable bonds is 4. The third-order valence-electron chi connectivity index (χ3n) is 3.37. The monoisotopic (exact) mass is 296 g/mol. The molecule has 0 unspecified atom stereocenters. The van der Waals surface area contributed by atoms with Gasteiger partial charge in [0.05, 0.1) is 5.69 Å². The van der Waals surface area contributed by atoms with Crippen molar-refractivity contribution in [3.05, 3.63) is 28.7 Å². The number of nitrogens with zero attached hydrogens (tertiary/aromatic N) is 1. The maximum absolute atomic E-state index is 3.63. The fourth-order valence-corrected chi connectivity index (χ4v) is 2.92. The fourth-order valence-electron chi connectivity index (χ4n) is 2.38. The first-order valence-electron chi connectivity index (χ1n) is 6.54. The lowest BCUT2D eigenvalue weighted by molar-refractivity contribution is 0.416. The number of hydrogen-bond acceptors (Lipinski definition) is 2. The molecule has 0 aliphatic carbocycles. The molecule has 0 amide bonds. The molecule has 94 valence electrons. The van der Waals surface area contributed by atoms with Gasteiger partial charge in [0.2, 0.25) is 0 Å². The van der Waals surface area contributed by atoms with Crippen LogP contribution in [0.5, 0.6) is 0 Å². The Morgan fingerprint density at radius 2 is 2.00 bits per heavy atom. The number of para-hydroxylation sites is 1. The molecule has 0 radical (unpaired) electrons. The third kappa shape index (κ3) is 3.46. The first-order chi connectivity index (χ1) is 8.31. The predicted octanol–water partition coefficient (Wildman–Crippen LogP) is 3.42. The van der Waals surface area contributed by atoms with Crippen LogP contribution in [0.2, 0.25) is 0 Å². The lowest BCUT2D eigenvalue weighted by atomic mass is 10.0. The molecule has 1 aromatic carbocycles. The van der Waals surface area contributed by atoms with Crippen LogP contribution in [0, 0.1) is 0 Å². The van der Waals surface area contributed by atoms with Crippen molar-refractivity contribution in [3.8, 4) is 0 Å². The molecular formula is C14H21BrN2. The Balaban J connectivity index is 1.89. The molecule has 17 heavy (non-hydrogen) atoms. The molecule has 1 aromatic rings. The Hall–Kier alpha value is -0.540. The largest absolute Gasteiger partial charge is 0.371 e. The van der Waals surface area contributed by atoms with Gasteiger partial charge in [-0.2, -0.15) is 0 Å². The highest BCUT2D eigenvalue weighted by atomic mass is 79.9. The quantitative estimate of drug-likeness (QED) is 0.916. The van der Waals surface area contributed by atoms with Gasteiger partial charge in [-0.15, -0.1) is 0 Å². The van der Waals surface area contributed by atoms with Crippen LogP contribution in [0.25, 0.3) is 0 Å². The van der Waals surface area contributed by atoms with Crippen LogP contribution in [0.4, 0.5) is 5.69 Å². The van der Waals surface area contributed by atoms with E-state index < -0.39 is 0 Å². The van der Waals surface area contributed by atoms with Gasteiger partial charge in [-0.25, -0.2) is 0 Å². The van der Waals surface area contributed by atoms with Crippen molar-refractivity contribution in [2.45, 2.75) is 32.2 Å². The average molecular weight is 297 g/mol. The van der Waals surface area contributed by atoms with Gasteiger partial charge in [-0.1, -0.05) is 19.1 Å². The summed E-state index contributed by atoms with van der Waals surface area (Å²) in [5.74, 6) is 0. The summed E-state index contributed by atoms with van der Waals surface area (Å²) >= 11 is 3.63. The highest BCUT2D eigenvalue weighted by Gasteiger charge is 2.19. The number of piperidine rings is 1. The zero-order valence-electron chi connectivity index (χ0n) is 10.5. The SMILES string of the molecule is CCCNC1CCN(c2ccccc2Br)CC1. The highest BCUT2D eigenvalue weighted by Crippen LogP contribution is 2.28. The van der Waals surface area contributed by atoms with Gasteiger partial charge in [0, 0.05) is 23.6 Å². The first-order valence-corrected chi connectivity index (χ1v) is 7.33. The van der Waals surface area contributed by atoms with E-state index in [1.807, 2.05) is 0 Å². The van der Waals surface area contributed by atoms with Gasteiger partial charge in [0.25, 0.3) is 0 Å². The van der Waals surface area contributed by atoms with Crippen LogP contribution in [0.1, 0.15) is 26.2 Å². The predicted molar refractivity (Wildman–Crippen MR) is 77.7 cm³/mol. The second kappa shape index (κ2) is 6.41. The highest BCUT2D eigenvalue weighted by molar-refractivity contribution is 9.10. The van der Waals surface area contributed by atoms with Gasteiger partial charge >= 0.3 is 0 Å². The van der Waals surface area contributed by atoms with Crippen LogP contribution in [0.15, 0.2) is 28.7 Å². The average Bonchev–Trinajstić information content (AvgIpc) is 2.38. The molecule has 0 atom stereocenters. The molecule has 1 aliphatic rings. The smallest absolute Gasteiger partial charge is 0.0510 e. The third-order valence-corrected chi connectivity index (χ3v) is 4.04. The summed E-state index contributed by atoms with van der Waals surface area (Å²) in [4.78, 5) is 2.48. The van der Waals surface area contributed by atoms with Crippen LogP contribution in [-0.2, 0) is 0 Å². The minimum Gasteiger partial charge on any atom is -0.371 e. The lowest BCUT2D eigenvalue weighted by Gasteiger charge is -2.34. The number of anilines is 1. The van der Waals surface area contributed by atoms with Crippen LogP contribution in [-0.4, -0.2) is 25.7 Å². The normalized spacial score (nSPS) is 17.4. The molecule has 1 aliphatic heterocycles. The Labute approximate surface area is 113 Å². The van der Waals surface area contributed by atoms with Gasteiger partial charge in [-0.05, 0) is 53.9 Å². The molecule has 3 heteroatoms. The van der Waals surface area contributed by atoms with E-state index in [0.717, 1.165) is 19.6 Å². The van der Waals surface area contributed by atoms with Crippen molar-refractivity contribution >= 4 is 21.6 Å². The maximum Gasteiger partial charge on any atom is 0.0510 e. The summed E-state index contributed by atoms with van der Waals surface area (Å²) in [6, 6.07) is 9.22. The minimum atomic E-state index is 0.716. The van der Waals surface area contributed by atoms with Crippen molar-refractivity contribution < 1.29 is 0 Å². The van der Waals surface area contributed by atoms with Crippen molar-refractivity contribution in [2.75, 3.05) is 24.5 Å². The van der Waals surface area contributed by atoms with E-state index in [4.69, 9.17) is 0 Å². The Morgan fingerprint density at radius 3 is 2.65 bits per heavy atom. The summed E-state index contributed by atoms with van der Waals surface area (Å²) in [5, 5.41) is 3.62. The standard InChI is InChI=1S/C14H21BrN2/c1-2-9-16-12-7-10-17(11-8-12)14-6-4-3-5-13(14)15/h3-6,12,16H,2,7-11H2,1H3. The number of halogens is 1. The van der Waals surface area contributed by atoms with Crippen molar-refractivity contribution in [1.29, 1.82) is 0 Å². The second-order valence-electron chi connectivity index (χ2n) is 4.67. The van der Waals surface area contributed by atoms with E-state index in [-0.39, 0.29) is 0 Å². The molecule has 0 spiro atoms. The molecule has 2 rings (SSSR count). The van der Waals surface area contributed by atoms with E-state index in [2.05, 4.69) is 57.3 Å². The molecular weight excluding hydrogens is 276 g/mol. The Bertz CT molecular complexity index is 346. The molecule has 1 heterocycles. The number of nitrogens with one attached hydrogen (secondary N) is 1. The van der Waals surface area contributed by atoms with E-state index >= 15 is 0 Å². The first kappa shape index (κ1) is 12.9. The molecule has 1 N–H and O–H groups in total. The molecule has 2 nitrogen and oxygen atoms in total. The zero-order valence-corrected chi connectivity index (χ0v) is 12.0. The maximum atomic E-state index is 3.63. The van der Waals surface area contributed by atoms with Gasteiger partial charge in [0.1, 0.15) is 0 Å². The Kier molecular flexibility index (Phi) is 4.86. The van der Waals surface area contributed by atoms with E-state index in [9.17, 15) is 0 Å². The topological polar surface area (TPSA) is 15.3 Å². The summed E-state index contributed by atoms with van der Waals surface area (Å²) in [7, 11) is 0. The van der Waals surface area contributed by atoms with Crippen LogP contribution < -0.4 is 10.2 Å². The lowest BCUT2D eigenvalue weighted by Crippen LogP contribution is -2.42. The second-order valence-corrected chi connectivity index (χ2v) is 5.52. The number of hydrogen-bond donors (Lipinski definition) is 1. The summed E-state index contributed by atoms with van der Waals surface area (Å²) in [6.07, 6.45) is 3.73. The zero-order chi connectivity index (χ0) is 12.1. The van der Waals surface area contributed by atoms with Gasteiger partial charge in [0.15, 0.2) is 0 Å². The van der Waals surface area contributed by atoms with Gasteiger partial charge in [-0.3, -0.25) is 0 Å². The summed E-state index contributed by atoms with van der Waals surface area (Å²) in [5.41, 5.74) is 1.33. The van der Waals surface area contributed by atoms with Crippen LogP contribution >= 0.6 is 15.9 Å². The molecule has 0 aromatic heterocycles. The van der Waals surface area contributed by atoms with E-state index in [1.165, 1.54) is 29.4 Å². The minimum absolute atomic E-state index is 0.716. The molecule has 0 bridgehead atoms. The summed E-state index contributed by atoms with van der Waals surface area (Å²) < 4.78 is 1.21. The molecule has 1 fully saturated rings. The Morgan fingerprint density at radius 1 is 1.29 bits per heavy atom. The molecule has 1 saturated heterocycles. The summed E-state index contributed by atoms with van der Waals surface area (Å²) in [6.45, 7) is 5.69. The number of benzene rings is 1. The fraction of sp³-hybridized carbons (Fsp3) is 0.571. The van der Waals surface area contributed by atoms with Crippen molar-refractivity contribution in [1.82, 2.24) is 5.32 Å². The van der Waals surface area contributed by atoms with Crippen molar-refractivity contribution in [2.24, 2.45) is 0 Å².